The van der Waals surface area contributed by atoms with Crippen LogP contribution in [0.15, 0.2) is 30.3 Å². The summed E-state index contributed by atoms with van der Waals surface area (Å²) in [6.45, 7) is 8.13. The number of hydrogen-bond acceptors (Lipinski definition) is 4. The minimum absolute atomic E-state index is 0.330. The Bertz CT molecular complexity index is 625. The second-order valence-electron chi connectivity index (χ2n) is 5.04. The van der Waals surface area contributed by atoms with Gasteiger partial charge in [-0.05, 0) is 33.3 Å². The molecule has 0 spiro atoms. The van der Waals surface area contributed by atoms with Gasteiger partial charge in [0.2, 0.25) is 0 Å². The average Bonchev–Trinajstić information content (AvgIpc) is 2.81. The first kappa shape index (κ1) is 16.9. The third-order valence-electron chi connectivity index (χ3n) is 3.51. The lowest BCUT2D eigenvalue weighted by Crippen LogP contribution is -2.10. The first-order valence-electron chi connectivity index (χ1n) is 7.48. The standard InChI is InChI=1S/C16H23N2O3P/c1-5-20-22(19,21-6-2)16(14-10-8-7-9-11-14)15-12(3)17-18-13(15)4/h7-11,16H,5-6H2,1-4H3,(H,17,18). The number of H-pyrrole nitrogens is 1. The van der Waals surface area contributed by atoms with Crippen LogP contribution in [-0.2, 0) is 13.6 Å². The van der Waals surface area contributed by atoms with Gasteiger partial charge in [-0.3, -0.25) is 9.66 Å². The van der Waals surface area contributed by atoms with Gasteiger partial charge in [-0.1, -0.05) is 30.3 Å². The van der Waals surface area contributed by atoms with E-state index in [4.69, 9.17) is 9.05 Å². The van der Waals surface area contributed by atoms with Gasteiger partial charge in [0.25, 0.3) is 0 Å². The quantitative estimate of drug-likeness (QED) is 0.768. The second-order valence-corrected chi connectivity index (χ2v) is 7.15. The molecule has 2 rings (SSSR count). The molecule has 22 heavy (non-hydrogen) atoms. The Morgan fingerprint density at radius 3 is 2.18 bits per heavy atom. The molecule has 5 nitrogen and oxygen atoms in total. The van der Waals surface area contributed by atoms with Gasteiger partial charge in [-0.25, -0.2) is 0 Å². The van der Waals surface area contributed by atoms with Gasteiger partial charge in [-0.2, -0.15) is 5.10 Å². The molecule has 1 unspecified atom stereocenters. The van der Waals surface area contributed by atoms with Gasteiger partial charge < -0.3 is 9.05 Å². The molecular formula is C16H23N2O3P. The minimum atomic E-state index is -3.35. The fourth-order valence-corrected chi connectivity index (χ4v) is 4.98. The molecular weight excluding hydrogens is 299 g/mol. The number of benzene rings is 1. The van der Waals surface area contributed by atoms with Gasteiger partial charge >= 0.3 is 7.60 Å². The van der Waals surface area contributed by atoms with Crippen molar-refractivity contribution in [3.63, 3.8) is 0 Å². The van der Waals surface area contributed by atoms with Crippen molar-refractivity contribution in [2.24, 2.45) is 0 Å². The van der Waals surface area contributed by atoms with Crippen LogP contribution < -0.4 is 0 Å². The van der Waals surface area contributed by atoms with Crippen molar-refractivity contribution in [1.29, 1.82) is 0 Å². The lowest BCUT2D eigenvalue weighted by molar-refractivity contribution is 0.215. The first-order valence-corrected chi connectivity index (χ1v) is 9.09. The van der Waals surface area contributed by atoms with E-state index in [1.54, 1.807) is 0 Å². The van der Waals surface area contributed by atoms with Gasteiger partial charge in [-0.15, -0.1) is 0 Å². The summed E-state index contributed by atoms with van der Waals surface area (Å²) in [6.07, 6.45) is 0. The van der Waals surface area contributed by atoms with Gasteiger partial charge in [0.15, 0.2) is 0 Å². The van der Waals surface area contributed by atoms with Crippen molar-refractivity contribution in [3.05, 3.63) is 52.8 Å². The molecule has 0 aliphatic rings. The van der Waals surface area contributed by atoms with E-state index in [2.05, 4.69) is 10.2 Å². The number of aryl methyl sites for hydroxylation is 2. The summed E-state index contributed by atoms with van der Waals surface area (Å²) >= 11 is 0. The molecule has 120 valence electrons. The van der Waals surface area contributed by atoms with Crippen molar-refractivity contribution >= 4 is 7.60 Å². The zero-order valence-corrected chi connectivity index (χ0v) is 14.4. The molecule has 2 aromatic rings. The van der Waals surface area contributed by atoms with Crippen LogP contribution in [0.2, 0.25) is 0 Å². The maximum Gasteiger partial charge on any atom is 0.342 e. The highest BCUT2D eigenvalue weighted by Crippen LogP contribution is 2.64. The Morgan fingerprint density at radius 1 is 1.14 bits per heavy atom. The van der Waals surface area contributed by atoms with E-state index < -0.39 is 13.3 Å². The predicted octanol–water partition coefficient (Wildman–Crippen LogP) is 4.38. The van der Waals surface area contributed by atoms with Crippen molar-refractivity contribution in [2.75, 3.05) is 13.2 Å². The van der Waals surface area contributed by atoms with Crippen LogP contribution in [0.3, 0.4) is 0 Å². The van der Waals surface area contributed by atoms with Gasteiger partial charge in [0.05, 0.1) is 18.9 Å². The Hall–Kier alpha value is -1.42. The van der Waals surface area contributed by atoms with E-state index in [9.17, 15) is 4.57 Å². The predicted molar refractivity (Wildman–Crippen MR) is 87.2 cm³/mol. The number of aromatic amines is 1. The molecule has 0 fully saturated rings. The molecule has 1 aromatic carbocycles. The number of aromatic nitrogens is 2. The zero-order chi connectivity index (χ0) is 16.2. The highest BCUT2D eigenvalue weighted by atomic mass is 31.2. The van der Waals surface area contributed by atoms with Crippen molar-refractivity contribution in [2.45, 2.75) is 33.4 Å². The molecule has 0 saturated heterocycles. The number of hydrogen-bond donors (Lipinski definition) is 1. The largest absolute Gasteiger partial charge is 0.342 e. The Morgan fingerprint density at radius 2 is 1.73 bits per heavy atom. The molecule has 0 bridgehead atoms. The molecule has 0 amide bonds. The Balaban J connectivity index is 2.63. The molecule has 0 aliphatic heterocycles. The Kier molecular flexibility index (Phi) is 5.57. The molecule has 1 heterocycles. The summed E-state index contributed by atoms with van der Waals surface area (Å²) in [5.41, 5.74) is 3.00. The summed E-state index contributed by atoms with van der Waals surface area (Å²) in [5.74, 6) is 0. The third kappa shape index (κ3) is 3.32. The molecule has 0 radical (unpaired) electrons. The lowest BCUT2D eigenvalue weighted by Gasteiger charge is -2.27. The molecule has 1 aromatic heterocycles. The van der Waals surface area contributed by atoms with E-state index in [0.29, 0.717) is 13.2 Å². The summed E-state index contributed by atoms with van der Waals surface area (Å²) in [7, 11) is -3.35. The number of rotatable bonds is 7. The van der Waals surface area contributed by atoms with Crippen LogP contribution in [0, 0.1) is 13.8 Å². The van der Waals surface area contributed by atoms with Crippen LogP contribution in [0.4, 0.5) is 0 Å². The molecule has 1 atom stereocenters. The van der Waals surface area contributed by atoms with Gasteiger partial charge in [0.1, 0.15) is 5.66 Å². The fraction of sp³-hybridized carbons (Fsp3) is 0.438. The van der Waals surface area contributed by atoms with Crippen molar-refractivity contribution < 1.29 is 13.6 Å². The van der Waals surface area contributed by atoms with Crippen molar-refractivity contribution in [3.8, 4) is 0 Å². The molecule has 0 aliphatic carbocycles. The monoisotopic (exact) mass is 322 g/mol. The molecule has 6 heteroatoms. The first-order chi connectivity index (χ1) is 10.5. The smallest absolute Gasteiger partial charge is 0.308 e. The topological polar surface area (TPSA) is 64.2 Å². The summed E-state index contributed by atoms with van der Waals surface area (Å²) in [4.78, 5) is 0. The van der Waals surface area contributed by atoms with Crippen molar-refractivity contribution in [1.82, 2.24) is 10.2 Å². The Labute approximate surface area is 131 Å². The van der Waals surface area contributed by atoms with Crippen LogP contribution >= 0.6 is 7.60 Å². The normalized spacial score (nSPS) is 13.3. The molecule has 0 saturated carbocycles. The highest BCUT2D eigenvalue weighted by Gasteiger charge is 2.40. The molecule has 1 N–H and O–H groups in total. The van der Waals surface area contributed by atoms with Crippen LogP contribution in [-0.4, -0.2) is 23.4 Å². The number of nitrogens with zero attached hydrogens (tertiary/aromatic N) is 1. The van der Waals surface area contributed by atoms with E-state index in [-0.39, 0.29) is 0 Å². The van der Waals surface area contributed by atoms with E-state index in [0.717, 1.165) is 22.5 Å². The van der Waals surface area contributed by atoms with Gasteiger partial charge in [0, 0.05) is 11.3 Å². The summed E-state index contributed by atoms with van der Waals surface area (Å²) < 4.78 is 24.7. The van der Waals surface area contributed by atoms with E-state index in [1.807, 2.05) is 58.0 Å². The zero-order valence-electron chi connectivity index (χ0n) is 13.5. The second kappa shape index (κ2) is 7.23. The van der Waals surface area contributed by atoms with Crippen LogP contribution in [0.25, 0.3) is 0 Å². The van der Waals surface area contributed by atoms with E-state index >= 15 is 0 Å². The maximum atomic E-state index is 13.4. The fourth-order valence-electron chi connectivity index (χ4n) is 2.65. The third-order valence-corrected chi connectivity index (χ3v) is 5.93. The maximum absolute atomic E-state index is 13.4. The van der Waals surface area contributed by atoms with Crippen LogP contribution in [0.5, 0.6) is 0 Å². The summed E-state index contributed by atoms with van der Waals surface area (Å²) in [6, 6.07) is 9.68. The van der Waals surface area contributed by atoms with Crippen LogP contribution in [0.1, 0.15) is 42.0 Å². The lowest BCUT2D eigenvalue weighted by atomic mass is 10.0. The SMILES string of the molecule is CCOP(=O)(OCC)C(c1ccccc1)c1c(C)n[nH]c1C. The summed E-state index contributed by atoms with van der Waals surface area (Å²) in [5, 5.41) is 7.20. The average molecular weight is 322 g/mol. The van der Waals surface area contributed by atoms with E-state index in [1.165, 1.54) is 0 Å². The number of nitrogens with one attached hydrogen (secondary N) is 1. The minimum Gasteiger partial charge on any atom is -0.308 e. The highest BCUT2D eigenvalue weighted by molar-refractivity contribution is 7.54.